The van der Waals surface area contributed by atoms with Crippen LogP contribution < -0.4 is 0 Å². The lowest BCUT2D eigenvalue weighted by atomic mass is 10.3. The summed E-state index contributed by atoms with van der Waals surface area (Å²) in [6.45, 7) is 0. The van der Waals surface area contributed by atoms with Crippen LogP contribution in [0.3, 0.4) is 0 Å². The summed E-state index contributed by atoms with van der Waals surface area (Å²) >= 11 is 0. The maximum atomic E-state index is 12.0. The molecule has 0 aliphatic carbocycles. The van der Waals surface area contributed by atoms with Gasteiger partial charge in [0, 0.05) is 6.07 Å². The van der Waals surface area contributed by atoms with Gasteiger partial charge < -0.3 is 10.0 Å². The summed E-state index contributed by atoms with van der Waals surface area (Å²) in [7, 11) is 0. The second-order valence-electron chi connectivity index (χ2n) is 1.90. The Morgan fingerprint density at radius 3 is 1.36 bits per heavy atom. The summed E-state index contributed by atoms with van der Waals surface area (Å²) in [5, 5.41) is 14.0. The highest BCUT2D eigenvalue weighted by Crippen LogP contribution is 2.16. The first-order valence-corrected chi connectivity index (χ1v) is 3.04. The van der Waals surface area contributed by atoms with E-state index < -0.39 is 29.1 Å². The first-order chi connectivity index (χ1) is 6.45. The third-order valence-electron chi connectivity index (χ3n) is 1.06. The Bertz CT molecular complexity index is 293. The minimum Gasteiger partial charge on any atom is -0.429 e. The minimum atomic E-state index is -2.14. The van der Waals surface area contributed by atoms with Crippen molar-refractivity contribution in [3.8, 4) is 0 Å². The van der Waals surface area contributed by atoms with Crippen molar-refractivity contribution >= 4 is 7.69 Å². The quantitative estimate of drug-likeness (QED) is 0.290. The third kappa shape index (κ3) is 2.97. The SMILES string of the molecule is Fc1cc(F)c(F)c(F)c1F.O[B]O. The number of halogens is 5. The second-order valence-corrected chi connectivity index (χ2v) is 1.90. The zero-order valence-electron chi connectivity index (χ0n) is 6.44. The summed E-state index contributed by atoms with van der Waals surface area (Å²) in [6, 6.07) is -0.0618. The molecule has 0 fully saturated rings. The maximum absolute atomic E-state index is 12.0. The predicted molar refractivity (Wildman–Crippen MR) is 36.4 cm³/mol. The van der Waals surface area contributed by atoms with E-state index in [0.717, 1.165) is 0 Å². The van der Waals surface area contributed by atoms with Crippen LogP contribution in [0.1, 0.15) is 0 Å². The molecule has 0 heterocycles. The van der Waals surface area contributed by atoms with Gasteiger partial charge in [0.25, 0.3) is 0 Å². The van der Waals surface area contributed by atoms with Gasteiger partial charge in [0.1, 0.15) is 0 Å². The summed E-state index contributed by atoms with van der Waals surface area (Å²) in [5.74, 6) is -9.65. The molecule has 0 aliphatic rings. The molecule has 0 aromatic heterocycles. The average molecular weight is 213 g/mol. The topological polar surface area (TPSA) is 40.5 Å². The van der Waals surface area contributed by atoms with E-state index >= 15 is 0 Å². The van der Waals surface area contributed by atoms with E-state index in [4.69, 9.17) is 10.0 Å². The largest absolute Gasteiger partial charge is 0.482 e. The monoisotopic (exact) mass is 213 g/mol. The molecular weight excluding hydrogens is 210 g/mol. The van der Waals surface area contributed by atoms with E-state index in [-0.39, 0.29) is 13.8 Å². The van der Waals surface area contributed by atoms with Crippen molar-refractivity contribution in [1.29, 1.82) is 0 Å². The van der Waals surface area contributed by atoms with Crippen molar-refractivity contribution in [3.63, 3.8) is 0 Å². The Hall–Kier alpha value is -1.15. The van der Waals surface area contributed by atoms with Crippen molar-refractivity contribution in [2.75, 3.05) is 0 Å². The van der Waals surface area contributed by atoms with E-state index in [2.05, 4.69) is 0 Å². The lowest BCUT2D eigenvalue weighted by molar-refractivity contribution is 0.378. The summed E-state index contributed by atoms with van der Waals surface area (Å²) in [5.41, 5.74) is 0. The Morgan fingerprint density at radius 2 is 1.07 bits per heavy atom. The number of benzene rings is 1. The summed E-state index contributed by atoms with van der Waals surface area (Å²) in [4.78, 5) is 0. The van der Waals surface area contributed by atoms with E-state index in [1.54, 1.807) is 0 Å². The van der Waals surface area contributed by atoms with Crippen LogP contribution in [0.25, 0.3) is 0 Å². The number of hydrogen-bond donors (Lipinski definition) is 2. The fraction of sp³-hybridized carbons (Fsp3) is 0. The molecule has 0 unspecified atom stereocenters. The van der Waals surface area contributed by atoms with Gasteiger partial charge in [-0.1, -0.05) is 0 Å². The molecule has 77 valence electrons. The molecule has 2 N–H and O–H groups in total. The predicted octanol–water partition coefficient (Wildman–Crippen LogP) is 0.887. The average Bonchev–Trinajstić information content (AvgIpc) is 2.13. The highest BCUT2D eigenvalue weighted by Gasteiger charge is 2.18. The van der Waals surface area contributed by atoms with Crippen molar-refractivity contribution < 1.29 is 32.0 Å². The molecule has 0 saturated heterocycles. The molecule has 1 aromatic carbocycles. The van der Waals surface area contributed by atoms with E-state index in [1.165, 1.54) is 0 Å². The molecule has 0 saturated carbocycles. The fourth-order valence-electron chi connectivity index (χ4n) is 0.544. The summed E-state index contributed by atoms with van der Waals surface area (Å²) in [6.07, 6.45) is 0. The van der Waals surface area contributed by atoms with E-state index in [1.807, 2.05) is 0 Å². The second kappa shape index (κ2) is 5.56. The van der Waals surface area contributed by atoms with Gasteiger partial charge in [0.05, 0.1) is 0 Å². The van der Waals surface area contributed by atoms with E-state index in [9.17, 15) is 22.0 Å². The van der Waals surface area contributed by atoms with Gasteiger partial charge in [-0.3, -0.25) is 0 Å². The zero-order valence-corrected chi connectivity index (χ0v) is 6.44. The lowest BCUT2D eigenvalue weighted by Gasteiger charge is -1.96. The molecule has 14 heavy (non-hydrogen) atoms. The Balaban J connectivity index is 0.000000500. The van der Waals surface area contributed by atoms with Crippen molar-refractivity contribution in [3.05, 3.63) is 35.2 Å². The van der Waals surface area contributed by atoms with Crippen LogP contribution >= 0.6 is 0 Å². The summed E-state index contributed by atoms with van der Waals surface area (Å²) < 4.78 is 60.0. The fourth-order valence-corrected chi connectivity index (χ4v) is 0.544. The molecule has 0 spiro atoms. The van der Waals surface area contributed by atoms with Crippen molar-refractivity contribution in [1.82, 2.24) is 0 Å². The van der Waals surface area contributed by atoms with Crippen LogP contribution in [0.2, 0.25) is 0 Å². The lowest BCUT2D eigenvalue weighted by Crippen LogP contribution is -1.98. The zero-order chi connectivity index (χ0) is 11.3. The van der Waals surface area contributed by atoms with Gasteiger partial charge >= 0.3 is 7.69 Å². The Labute approximate surface area is 75.9 Å². The van der Waals surface area contributed by atoms with Gasteiger partial charge in [-0.15, -0.1) is 0 Å². The molecule has 8 heteroatoms. The van der Waals surface area contributed by atoms with Gasteiger partial charge in [-0.25, -0.2) is 22.0 Å². The third-order valence-corrected chi connectivity index (χ3v) is 1.06. The van der Waals surface area contributed by atoms with Crippen LogP contribution in [0.15, 0.2) is 6.07 Å². The molecule has 0 bridgehead atoms. The first-order valence-electron chi connectivity index (χ1n) is 3.04. The van der Waals surface area contributed by atoms with Crippen molar-refractivity contribution in [2.24, 2.45) is 0 Å². The minimum absolute atomic E-state index is 0. The van der Waals surface area contributed by atoms with Gasteiger partial charge in [0.2, 0.25) is 5.82 Å². The molecule has 1 radical (unpaired) electrons. The van der Waals surface area contributed by atoms with Gasteiger partial charge in [0.15, 0.2) is 23.3 Å². The van der Waals surface area contributed by atoms with Crippen LogP contribution in [0.4, 0.5) is 22.0 Å². The maximum Gasteiger partial charge on any atom is 0.482 e. The number of rotatable bonds is 0. The standard InChI is InChI=1S/C6HF5.BH2O2/c7-2-1-3(8)5(10)6(11)4(2)9;2-1-3/h1H;2-3H. The van der Waals surface area contributed by atoms with E-state index in [0.29, 0.717) is 0 Å². The first kappa shape index (κ1) is 12.9. The van der Waals surface area contributed by atoms with Crippen LogP contribution in [0, 0.1) is 29.1 Å². The smallest absolute Gasteiger partial charge is 0.429 e. The molecule has 1 rings (SSSR count). The Kier molecular flexibility index (Phi) is 5.10. The molecule has 0 aliphatic heterocycles. The van der Waals surface area contributed by atoms with Crippen molar-refractivity contribution in [2.45, 2.75) is 0 Å². The Morgan fingerprint density at radius 1 is 0.786 bits per heavy atom. The van der Waals surface area contributed by atoms with Crippen LogP contribution in [-0.2, 0) is 0 Å². The normalized spacial score (nSPS) is 9.07. The molecule has 1 aromatic rings. The molecule has 2 nitrogen and oxygen atoms in total. The highest BCUT2D eigenvalue weighted by molar-refractivity contribution is 6.13. The molecular formula is C6H3BF5O2. The van der Waals surface area contributed by atoms with Gasteiger partial charge in [-0.05, 0) is 0 Å². The highest BCUT2D eigenvalue weighted by atomic mass is 19.2. The van der Waals surface area contributed by atoms with Crippen LogP contribution in [0.5, 0.6) is 0 Å². The molecule has 0 atom stereocenters. The van der Waals surface area contributed by atoms with Gasteiger partial charge in [-0.2, -0.15) is 0 Å². The molecule has 0 amide bonds. The number of hydrogen-bond acceptors (Lipinski definition) is 2. The van der Waals surface area contributed by atoms with Crippen LogP contribution in [-0.4, -0.2) is 17.7 Å².